The smallest absolute Gasteiger partial charge is 0.313 e. The van der Waals surface area contributed by atoms with Gasteiger partial charge in [0.05, 0.1) is 12.0 Å². The number of aliphatic carboxylic acids is 1. The van der Waals surface area contributed by atoms with Crippen molar-refractivity contribution in [3.63, 3.8) is 0 Å². The van der Waals surface area contributed by atoms with E-state index in [0.717, 1.165) is 0 Å². The van der Waals surface area contributed by atoms with E-state index in [1.165, 1.54) is 0 Å². The second-order valence-corrected chi connectivity index (χ2v) is 4.22. The largest absolute Gasteiger partial charge is 0.481 e. The summed E-state index contributed by atoms with van der Waals surface area (Å²) in [6.07, 6.45) is -0.879. The lowest BCUT2D eigenvalue weighted by Gasteiger charge is -2.22. The highest BCUT2D eigenvalue weighted by Crippen LogP contribution is 2.52. The molecule has 0 saturated carbocycles. The summed E-state index contributed by atoms with van der Waals surface area (Å²) in [5.74, 6) is -2.63. The van der Waals surface area contributed by atoms with E-state index in [-0.39, 0.29) is 24.2 Å². The van der Waals surface area contributed by atoms with Crippen LogP contribution in [0.3, 0.4) is 0 Å². The van der Waals surface area contributed by atoms with Crippen LogP contribution in [0.2, 0.25) is 0 Å². The number of hydrogen-bond acceptors (Lipinski definition) is 4. The van der Waals surface area contributed by atoms with Crippen molar-refractivity contribution in [2.45, 2.75) is 25.2 Å². The molecule has 0 radical (unpaired) electrons. The monoisotopic (exact) mass is 198 g/mol. The van der Waals surface area contributed by atoms with Crippen LogP contribution < -0.4 is 0 Å². The van der Waals surface area contributed by atoms with E-state index in [1.54, 1.807) is 0 Å². The summed E-state index contributed by atoms with van der Waals surface area (Å²) in [7, 11) is 0. The highest BCUT2D eigenvalue weighted by atomic mass is 16.6. The zero-order valence-electron chi connectivity index (χ0n) is 7.54. The molecule has 0 aromatic heterocycles. The molecule has 0 aromatic carbocycles. The molecular weight excluding hydrogens is 188 g/mol. The van der Waals surface area contributed by atoms with Gasteiger partial charge in [0.15, 0.2) is 0 Å². The molecule has 5 heteroatoms. The van der Waals surface area contributed by atoms with Crippen molar-refractivity contribution >= 4 is 11.9 Å². The van der Waals surface area contributed by atoms with E-state index in [2.05, 4.69) is 0 Å². The molecule has 3 aliphatic rings. The third-order valence-electron chi connectivity index (χ3n) is 3.58. The summed E-state index contributed by atoms with van der Waals surface area (Å²) in [5, 5.41) is 9.00. The van der Waals surface area contributed by atoms with E-state index in [9.17, 15) is 9.59 Å². The summed E-state index contributed by atoms with van der Waals surface area (Å²) >= 11 is 0. The molecule has 1 N–H and O–H groups in total. The minimum atomic E-state index is -0.952. The number of carboxylic acid groups (broad SMARTS) is 1. The van der Waals surface area contributed by atoms with Gasteiger partial charge in [-0.3, -0.25) is 9.59 Å². The zero-order valence-corrected chi connectivity index (χ0v) is 7.54. The van der Waals surface area contributed by atoms with Gasteiger partial charge >= 0.3 is 11.9 Å². The normalized spacial score (nSPS) is 53.6. The Bertz CT molecular complexity index is 325. The van der Waals surface area contributed by atoms with E-state index >= 15 is 0 Å². The predicted molar refractivity (Wildman–Crippen MR) is 42.3 cm³/mol. The maximum absolute atomic E-state index is 11.4. The molecular formula is C9H10O5. The van der Waals surface area contributed by atoms with Gasteiger partial charge in [0.1, 0.15) is 18.1 Å². The van der Waals surface area contributed by atoms with Crippen molar-refractivity contribution < 1.29 is 24.2 Å². The first-order chi connectivity index (χ1) is 6.61. The highest BCUT2D eigenvalue weighted by Gasteiger charge is 2.68. The molecule has 6 atom stereocenters. The summed E-state index contributed by atoms with van der Waals surface area (Å²) in [6.45, 7) is 1.88. The van der Waals surface area contributed by atoms with Gasteiger partial charge in [-0.1, -0.05) is 6.92 Å². The van der Waals surface area contributed by atoms with Crippen molar-refractivity contribution in [1.82, 2.24) is 0 Å². The van der Waals surface area contributed by atoms with Gasteiger partial charge in [-0.2, -0.15) is 0 Å². The minimum Gasteiger partial charge on any atom is -0.481 e. The standard InChI is InChI=1S/C9H10O5/c1-2-5-3(8(10)11)4-7(13-5)6(2)14-9(4)12/h2-7H,1H3,(H,10,11)/t2-,3?,4?,5?,6?,7?/m0/s1. The van der Waals surface area contributed by atoms with Gasteiger partial charge in [-0.05, 0) is 0 Å². The minimum absolute atomic E-state index is 0.00352. The number of ether oxygens (including phenoxy) is 2. The lowest BCUT2D eigenvalue weighted by atomic mass is 9.75. The number of rotatable bonds is 1. The Balaban J connectivity index is 2.04. The Morgan fingerprint density at radius 3 is 2.71 bits per heavy atom. The maximum atomic E-state index is 11.4. The van der Waals surface area contributed by atoms with Crippen LogP contribution in [0.4, 0.5) is 0 Å². The third kappa shape index (κ3) is 0.706. The quantitative estimate of drug-likeness (QED) is 0.583. The number of fused-ring (bicyclic) bond motifs is 1. The van der Waals surface area contributed by atoms with Gasteiger partial charge in [0.2, 0.25) is 0 Å². The summed E-state index contributed by atoms with van der Waals surface area (Å²) in [6, 6.07) is 0. The lowest BCUT2D eigenvalue weighted by molar-refractivity contribution is -0.151. The predicted octanol–water partition coefficient (Wildman–Crippen LogP) is -0.354. The highest BCUT2D eigenvalue weighted by molar-refractivity contribution is 5.85. The number of carbonyl (C=O) groups excluding carboxylic acids is 1. The molecule has 3 heterocycles. The van der Waals surface area contributed by atoms with Crippen molar-refractivity contribution in [2.24, 2.45) is 17.8 Å². The molecule has 3 aliphatic heterocycles. The molecule has 76 valence electrons. The SMILES string of the molecule is C[C@@H]1C2OC(=O)C3C2OC1C3C(=O)O. The number of hydrogen-bond donors (Lipinski definition) is 1. The van der Waals surface area contributed by atoms with Gasteiger partial charge in [-0.15, -0.1) is 0 Å². The molecule has 2 bridgehead atoms. The molecule has 0 aromatic rings. The topological polar surface area (TPSA) is 72.8 Å². The van der Waals surface area contributed by atoms with Gasteiger partial charge < -0.3 is 14.6 Å². The molecule has 3 rings (SSSR count). The fourth-order valence-electron chi connectivity index (χ4n) is 2.94. The average molecular weight is 198 g/mol. The molecule has 0 amide bonds. The summed E-state index contributed by atoms with van der Waals surface area (Å²) < 4.78 is 10.6. The van der Waals surface area contributed by atoms with Crippen molar-refractivity contribution in [1.29, 1.82) is 0 Å². The van der Waals surface area contributed by atoms with Crippen LogP contribution >= 0.6 is 0 Å². The molecule has 5 nitrogen and oxygen atoms in total. The zero-order chi connectivity index (χ0) is 10.0. The van der Waals surface area contributed by atoms with Crippen LogP contribution in [0.15, 0.2) is 0 Å². The summed E-state index contributed by atoms with van der Waals surface area (Å²) in [4.78, 5) is 22.4. The first-order valence-electron chi connectivity index (χ1n) is 4.70. The Kier molecular flexibility index (Phi) is 1.34. The second kappa shape index (κ2) is 2.28. The van der Waals surface area contributed by atoms with Crippen LogP contribution in [0.5, 0.6) is 0 Å². The van der Waals surface area contributed by atoms with E-state index < -0.39 is 23.8 Å². The molecule has 0 spiro atoms. The van der Waals surface area contributed by atoms with Crippen LogP contribution in [-0.4, -0.2) is 35.4 Å². The molecule has 3 fully saturated rings. The van der Waals surface area contributed by atoms with Crippen molar-refractivity contribution in [3.05, 3.63) is 0 Å². The van der Waals surface area contributed by atoms with Gasteiger partial charge in [0, 0.05) is 5.92 Å². The van der Waals surface area contributed by atoms with Crippen molar-refractivity contribution in [3.8, 4) is 0 Å². The number of carboxylic acids is 1. The second-order valence-electron chi connectivity index (χ2n) is 4.22. The van der Waals surface area contributed by atoms with Crippen molar-refractivity contribution in [2.75, 3.05) is 0 Å². The fourth-order valence-corrected chi connectivity index (χ4v) is 2.94. The molecule has 3 saturated heterocycles. The first-order valence-corrected chi connectivity index (χ1v) is 4.70. The van der Waals surface area contributed by atoms with Crippen LogP contribution in [-0.2, 0) is 19.1 Å². The van der Waals surface area contributed by atoms with E-state index in [1.807, 2.05) is 6.92 Å². The van der Waals surface area contributed by atoms with Crippen LogP contribution in [0.25, 0.3) is 0 Å². The average Bonchev–Trinajstić information content (AvgIpc) is 2.67. The third-order valence-corrected chi connectivity index (χ3v) is 3.58. The Labute approximate surface area is 80.0 Å². The van der Waals surface area contributed by atoms with Crippen LogP contribution in [0.1, 0.15) is 6.92 Å². The van der Waals surface area contributed by atoms with E-state index in [0.29, 0.717) is 0 Å². The number of carbonyl (C=O) groups is 2. The van der Waals surface area contributed by atoms with E-state index in [4.69, 9.17) is 14.6 Å². The number of esters is 1. The fraction of sp³-hybridized carbons (Fsp3) is 0.778. The van der Waals surface area contributed by atoms with Crippen LogP contribution in [0, 0.1) is 17.8 Å². The molecule has 14 heavy (non-hydrogen) atoms. The Morgan fingerprint density at radius 2 is 2.07 bits per heavy atom. The Morgan fingerprint density at radius 1 is 1.36 bits per heavy atom. The Hall–Kier alpha value is -1.10. The van der Waals surface area contributed by atoms with Gasteiger partial charge in [0.25, 0.3) is 0 Å². The summed E-state index contributed by atoms with van der Waals surface area (Å²) in [5.41, 5.74) is 0. The lowest BCUT2D eigenvalue weighted by Crippen LogP contribution is -2.40. The maximum Gasteiger partial charge on any atom is 0.313 e. The first kappa shape index (κ1) is 8.23. The molecule has 5 unspecified atom stereocenters. The van der Waals surface area contributed by atoms with Gasteiger partial charge in [-0.25, -0.2) is 0 Å². The molecule has 0 aliphatic carbocycles.